The maximum atomic E-state index is 13.7. The molecule has 0 aromatic heterocycles. The summed E-state index contributed by atoms with van der Waals surface area (Å²) in [5, 5.41) is 29.8. The molecule has 4 rings (SSSR count). The molecule has 41 heavy (non-hydrogen) atoms. The zero-order valence-electron chi connectivity index (χ0n) is 22.0. The SMILES string of the molecule is Cc1cc(C)cc(O)c1.Cc1cc(C)cc(Oc2c([N+](=O)[O-])ccc(F)c2F)c1.O=[N+]([O-])c1ccc(F)c(F)c1F. The van der Waals surface area contributed by atoms with Crippen molar-refractivity contribution in [1.29, 1.82) is 0 Å². The highest BCUT2D eigenvalue weighted by Gasteiger charge is 2.24. The molecule has 0 spiro atoms. The van der Waals surface area contributed by atoms with Gasteiger partial charge >= 0.3 is 11.4 Å². The lowest BCUT2D eigenvalue weighted by Crippen LogP contribution is -1.99. The standard InChI is InChI=1S/C14H11F2NO3.C8H10O.C6H2F3NO2/c1-8-5-9(2)7-10(6-8)20-14-12(17(18)19)4-3-11(15)13(14)16;1-6-3-7(2)5-8(9)4-6;7-3-1-2-4(10(11)12)6(9)5(3)8/h3-7H,1-2H3;3-5,9H,1-2H3;1-2H. The first-order chi connectivity index (χ1) is 19.1. The fourth-order valence-corrected chi connectivity index (χ4v) is 3.48. The normalized spacial score (nSPS) is 10.1. The first-order valence-electron chi connectivity index (χ1n) is 11.5. The lowest BCUT2D eigenvalue weighted by molar-refractivity contribution is -0.387. The first kappa shape index (κ1) is 32.1. The Morgan fingerprint density at radius 1 is 0.610 bits per heavy atom. The fraction of sp³-hybridized carbons (Fsp3) is 0.143. The summed E-state index contributed by atoms with van der Waals surface area (Å²) < 4.78 is 69.0. The summed E-state index contributed by atoms with van der Waals surface area (Å²) in [7, 11) is 0. The average molecular weight is 578 g/mol. The monoisotopic (exact) mass is 578 g/mol. The van der Waals surface area contributed by atoms with Gasteiger partial charge in [0.1, 0.15) is 11.5 Å². The van der Waals surface area contributed by atoms with Crippen LogP contribution in [0.1, 0.15) is 22.3 Å². The number of nitro groups is 2. The van der Waals surface area contributed by atoms with Crippen LogP contribution in [0.15, 0.2) is 60.7 Å². The van der Waals surface area contributed by atoms with Crippen molar-refractivity contribution >= 4 is 11.4 Å². The molecule has 0 aliphatic heterocycles. The third-order valence-electron chi connectivity index (χ3n) is 5.06. The van der Waals surface area contributed by atoms with Gasteiger partial charge in [-0.05, 0) is 86.3 Å². The van der Waals surface area contributed by atoms with Gasteiger partial charge in [-0.15, -0.1) is 0 Å². The van der Waals surface area contributed by atoms with Gasteiger partial charge in [0.15, 0.2) is 11.6 Å². The van der Waals surface area contributed by atoms with Crippen molar-refractivity contribution < 1.29 is 41.6 Å². The number of nitro benzene ring substituents is 2. The van der Waals surface area contributed by atoms with E-state index < -0.39 is 56.1 Å². The van der Waals surface area contributed by atoms with Crippen LogP contribution < -0.4 is 4.74 Å². The number of ether oxygens (including phenoxy) is 1. The van der Waals surface area contributed by atoms with E-state index in [1.165, 1.54) is 0 Å². The predicted molar refractivity (Wildman–Crippen MR) is 140 cm³/mol. The van der Waals surface area contributed by atoms with Crippen LogP contribution in [0, 0.1) is 77.0 Å². The minimum absolute atomic E-state index is 0.218. The highest BCUT2D eigenvalue weighted by molar-refractivity contribution is 5.50. The van der Waals surface area contributed by atoms with Crippen LogP contribution in [-0.4, -0.2) is 15.0 Å². The number of benzene rings is 4. The van der Waals surface area contributed by atoms with Crippen LogP contribution >= 0.6 is 0 Å². The van der Waals surface area contributed by atoms with Crippen molar-refractivity contribution in [3.63, 3.8) is 0 Å². The van der Waals surface area contributed by atoms with Gasteiger partial charge in [0, 0.05) is 12.1 Å². The van der Waals surface area contributed by atoms with Gasteiger partial charge in [0.2, 0.25) is 23.2 Å². The van der Waals surface area contributed by atoms with Crippen molar-refractivity contribution in [3.05, 3.63) is 132 Å². The lowest BCUT2D eigenvalue weighted by Gasteiger charge is -2.09. The van der Waals surface area contributed by atoms with Crippen molar-refractivity contribution in [2.24, 2.45) is 0 Å². The number of phenolic OH excluding ortho intramolecular Hbond substituents is 1. The molecule has 8 nitrogen and oxygen atoms in total. The van der Waals surface area contributed by atoms with Gasteiger partial charge in [0.05, 0.1) is 9.85 Å². The lowest BCUT2D eigenvalue weighted by atomic mass is 10.1. The minimum atomic E-state index is -1.83. The molecule has 0 atom stereocenters. The van der Waals surface area contributed by atoms with Crippen molar-refractivity contribution in [2.45, 2.75) is 27.7 Å². The summed E-state index contributed by atoms with van der Waals surface area (Å²) >= 11 is 0. The Hall–Kier alpha value is -5.07. The van der Waals surface area contributed by atoms with Gasteiger partial charge in [-0.25, -0.2) is 13.2 Å². The summed E-state index contributed by atoms with van der Waals surface area (Å²) in [6.45, 7) is 7.53. The highest BCUT2D eigenvalue weighted by atomic mass is 19.2. The Bertz CT molecular complexity index is 1530. The van der Waals surface area contributed by atoms with E-state index in [0.29, 0.717) is 23.9 Å². The number of nitrogens with zero attached hydrogens (tertiary/aromatic N) is 2. The first-order valence-corrected chi connectivity index (χ1v) is 11.5. The number of rotatable bonds is 4. The number of hydrogen-bond donors (Lipinski definition) is 1. The molecule has 0 fully saturated rings. The zero-order valence-corrected chi connectivity index (χ0v) is 22.0. The van der Waals surface area contributed by atoms with Crippen LogP contribution in [0.5, 0.6) is 17.2 Å². The zero-order chi connectivity index (χ0) is 31.0. The van der Waals surface area contributed by atoms with E-state index in [1.54, 1.807) is 38.1 Å². The fourth-order valence-electron chi connectivity index (χ4n) is 3.48. The molecule has 0 aliphatic rings. The Morgan fingerprint density at radius 3 is 1.46 bits per heavy atom. The van der Waals surface area contributed by atoms with Gasteiger partial charge < -0.3 is 9.84 Å². The predicted octanol–water partition coefficient (Wildman–Crippen LogP) is 8.30. The largest absolute Gasteiger partial charge is 0.508 e. The molecule has 0 amide bonds. The van der Waals surface area contributed by atoms with Crippen LogP contribution in [-0.2, 0) is 0 Å². The Labute approximate surface area is 230 Å². The second-order valence-corrected chi connectivity index (χ2v) is 8.69. The summed E-state index contributed by atoms with van der Waals surface area (Å²) in [5.41, 5.74) is 2.20. The second kappa shape index (κ2) is 13.8. The van der Waals surface area contributed by atoms with Gasteiger partial charge in [-0.2, -0.15) is 8.78 Å². The summed E-state index contributed by atoms with van der Waals surface area (Å²) in [6, 6.07) is 13.2. The van der Waals surface area contributed by atoms with Crippen LogP contribution in [0.4, 0.5) is 33.3 Å². The molecule has 0 aliphatic carbocycles. The third kappa shape index (κ3) is 8.98. The van der Waals surface area contributed by atoms with Crippen molar-refractivity contribution in [1.82, 2.24) is 0 Å². The summed E-state index contributed by atoms with van der Waals surface area (Å²) in [6.07, 6.45) is 0. The molecule has 0 saturated carbocycles. The van der Waals surface area contributed by atoms with E-state index in [1.807, 2.05) is 26.0 Å². The quantitative estimate of drug-likeness (QED) is 0.113. The number of aryl methyl sites for hydroxylation is 4. The van der Waals surface area contributed by atoms with Crippen LogP contribution in [0.25, 0.3) is 0 Å². The summed E-state index contributed by atoms with van der Waals surface area (Å²) in [5.74, 6) is -7.78. The maximum absolute atomic E-state index is 13.7. The van der Waals surface area contributed by atoms with E-state index in [2.05, 4.69) is 0 Å². The molecule has 4 aromatic rings. The molecule has 0 heterocycles. The number of phenols is 1. The van der Waals surface area contributed by atoms with E-state index in [-0.39, 0.29) is 5.75 Å². The van der Waals surface area contributed by atoms with Gasteiger partial charge in [0.25, 0.3) is 0 Å². The number of hydrogen-bond acceptors (Lipinski definition) is 6. The maximum Gasteiger partial charge on any atom is 0.314 e. The van der Waals surface area contributed by atoms with E-state index in [4.69, 9.17) is 9.84 Å². The Kier molecular flexibility index (Phi) is 10.8. The van der Waals surface area contributed by atoms with Crippen LogP contribution in [0.3, 0.4) is 0 Å². The van der Waals surface area contributed by atoms with Gasteiger partial charge in [-0.3, -0.25) is 20.2 Å². The molecule has 0 bridgehead atoms. The topological polar surface area (TPSA) is 116 Å². The average Bonchev–Trinajstić information content (AvgIpc) is 2.84. The van der Waals surface area contributed by atoms with Crippen molar-refractivity contribution in [2.75, 3.05) is 0 Å². The van der Waals surface area contributed by atoms with Gasteiger partial charge in [-0.1, -0.05) is 12.1 Å². The molecule has 4 aromatic carbocycles. The minimum Gasteiger partial charge on any atom is -0.508 e. The molecule has 0 radical (unpaired) electrons. The van der Waals surface area contributed by atoms with E-state index in [9.17, 15) is 42.2 Å². The molecule has 0 saturated heterocycles. The van der Waals surface area contributed by atoms with Crippen LogP contribution in [0.2, 0.25) is 0 Å². The smallest absolute Gasteiger partial charge is 0.314 e. The molecule has 216 valence electrons. The third-order valence-corrected chi connectivity index (χ3v) is 5.06. The number of halogens is 5. The Morgan fingerprint density at radius 2 is 1.02 bits per heavy atom. The molecular weight excluding hydrogens is 555 g/mol. The molecule has 0 unspecified atom stereocenters. The molecule has 1 N–H and O–H groups in total. The van der Waals surface area contributed by atoms with Crippen molar-refractivity contribution in [3.8, 4) is 17.2 Å². The molecule has 13 heteroatoms. The van der Waals surface area contributed by atoms with E-state index in [0.717, 1.165) is 28.3 Å². The molecular formula is C28H23F5N2O6. The Balaban J connectivity index is 0.000000237. The summed E-state index contributed by atoms with van der Waals surface area (Å²) in [4.78, 5) is 18.9. The number of aromatic hydroxyl groups is 1. The van der Waals surface area contributed by atoms with E-state index >= 15 is 0 Å². The highest BCUT2D eigenvalue weighted by Crippen LogP contribution is 2.35. The second-order valence-electron chi connectivity index (χ2n) is 8.69.